The summed E-state index contributed by atoms with van der Waals surface area (Å²) in [4.78, 5) is 219. The number of imidazole rings is 2. The van der Waals surface area contributed by atoms with E-state index >= 15 is 0 Å². The van der Waals surface area contributed by atoms with Gasteiger partial charge >= 0.3 is 5.97 Å². The van der Waals surface area contributed by atoms with Crippen LogP contribution in [0, 0.1) is 59.2 Å². The fourth-order valence-electron chi connectivity index (χ4n) is 16.9. The Balaban J connectivity index is 0.949. The van der Waals surface area contributed by atoms with Gasteiger partial charge in [-0.25, -0.2) is 19.9 Å². The number of carboxylic acids is 1. The van der Waals surface area contributed by atoms with Gasteiger partial charge in [-0.2, -0.15) is 0 Å². The second-order valence-electron chi connectivity index (χ2n) is 38.9. The molecule has 2 saturated heterocycles. The molecule has 0 unspecified atom stereocenters. The fourth-order valence-corrected chi connectivity index (χ4v) is 16.9. The molecule has 2 fully saturated rings. The largest absolute Gasteiger partial charge is 0.481 e. The van der Waals surface area contributed by atoms with Crippen molar-refractivity contribution in [2.75, 3.05) is 190 Å². The molecule has 5 heterocycles. The van der Waals surface area contributed by atoms with Crippen LogP contribution in [0.5, 0.6) is 0 Å². The van der Waals surface area contributed by atoms with Crippen molar-refractivity contribution in [3.63, 3.8) is 0 Å². The molecule has 2 aliphatic heterocycles. The summed E-state index contributed by atoms with van der Waals surface area (Å²) >= 11 is 0. The molecule has 7 amide bonds. The average Bonchev–Trinajstić information content (AvgIpc) is 1.62. The summed E-state index contributed by atoms with van der Waals surface area (Å²) < 4.78 is 68.8. The van der Waals surface area contributed by atoms with E-state index in [9.17, 15) is 92.7 Å². The Morgan fingerprint density at radius 1 is 0.544 bits per heavy atom. The number of aliphatic carboxylic acids is 1. The standard InChI is InChI=1S/C100H168N18O31/c1-62(2)46-66(9)92(131)113-75(18-13-23-107-100(103)104)81(125)53-74(64(5)6)98(137)117-25-14-19-78(117)82(126)48-68(16-11-12-22-101)93(132)116-86(65(7)8)83(127)51-71(56-120)95(134)112-67(10)79(123)50-70(55-119)96(135)115-77(52-72-54-105-59-108-72)80(124)49-69(47-63(3)4)94(133)114-76(20-21-85(128)129)97(136)106-24-27-139-29-31-141-33-35-143-37-39-145-41-43-147-45-44-146-42-40-144-38-36-142-34-32-140-30-28-138-26-15-17-73(122)58-148-89-88(130)84(57-121)149-99(89)118-61-111-87-90(102)109-60-110-91(87)118/h54,59-71,74-78,84,86,88-89,99,119-121,130H,11-53,55-58,101H2,1-10H3,(H,105,108)(H,106,136)(H,112,134)(H,113,131)(H,114,133)(H,115,135)(H,116,132)(H,128,129)(H2,102,109,110)(H4,103,104,107)/t66-,67-,68+,69+,70-,71-,74-,75-,76-,77-,78-,84+,86-,88+,89+,99+/m0/s1. The molecule has 0 bridgehead atoms. The number of nitrogen functional groups attached to an aromatic ring is 1. The molecule has 844 valence electrons. The number of fused-ring (bicyclic) bond motifs is 1. The first kappa shape index (κ1) is 129. The zero-order valence-electron chi connectivity index (χ0n) is 88.4. The van der Waals surface area contributed by atoms with Crippen molar-refractivity contribution in [3.8, 4) is 0 Å². The number of nitrogens with one attached hydrogen (secondary N) is 7. The Kier molecular flexibility index (Phi) is 63.6. The molecule has 2 aliphatic rings. The molecule has 149 heavy (non-hydrogen) atoms. The first-order chi connectivity index (χ1) is 71.3. The maximum absolute atomic E-state index is 14.6. The Morgan fingerprint density at radius 3 is 1.60 bits per heavy atom. The van der Waals surface area contributed by atoms with Gasteiger partial charge in [-0.05, 0) is 101 Å². The molecule has 0 saturated carbocycles. The Labute approximate surface area is 871 Å². The number of hydrogen-bond donors (Lipinski definition) is 16. The van der Waals surface area contributed by atoms with Gasteiger partial charge < -0.3 is 147 Å². The number of nitrogens with two attached hydrogens (primary N) is 4. The van der Waals surface area contributed by atoms with Crippen LogP contribution < -0.4 is 54.8 Å². The number of H-pyrrole nitrogens is 1. The number of carboxylic acid groups (broad SMARTS) is 1. The smallest absolute Gasteiger partial charge is 0.303 e. The van der Waals surface area contributed by atoms with E-state index < -0.39 is 212 Å². The summed E-state index contributed by atoms with van der Waals surface area (Å²) in [5.74, 6) is -16.3. The number of aromatic amines is 1. The number of rotatable bonds is 87. The lowest BCUT2D eigenvalue weighted by atomic mass is 9.86. The van der Waals surface area contributed by atoms with Crippen molar-refractivity contribution >= 4 is 105 Å². The van der Waals surface area contributed by atoms with Gasteiger partial charge in [-0.1, -0.05) is 68.7 Å². The van der Waals surface area contributed by atoms with E-state index in [2.05, 4.69) is 61.8 Å². The van der Waals surface area contributed by atoms with Crippen LogP contribution in [0.3, 0.4) is 0 Å². The quantitative estimate of drug-likeness (QED) is 0.0201. The number of aliphatic hydroxyl groups is 4. The highest BCUT2D eigenvalue weighted by atomic mass is 16.6. The highest BCUT2D eigenvalue weighted by Crippen LogP contribution is 2.35. The van der Waals surface area contributed by atoms with Crippen LogP contribution >= 0.6 is 0 Å². The van der Waals surface area contributed by atoms with Crippen LogP contribution in [0.4, 0.5) is 5.82 Å². The van der Waals surface area contributed by atoms with Crippen LogP contribution in [0.25, 0.3) is 11.2 Å². The minimum absolute atomic E-state index is 0.0259. The van der Waals surface area contributed by atoms with Crippen molar-refractivity contribution in [2.24, 2.45) is 81.4 Å². The van der Waals surface area contributed by atoms with E-state index in [1.54, 1.807) is 48.5 Å². The lowest BCUT2D eigenvalue weighted by molar-refractivity contribution is -0.144. The molecule has 16 atom stereocenters. The number of carbonyl (C=O) groups is 14. The molecule has 20 N–H and O–H groups in total. The predicted octanol–water partition coefficient (Wildman–Crippen LogP) is 0.0258. The number of aliphatic hydroxyl groups excluding tert-OH is 4. The average molecular weight is 2120 g/mol. The van der Waals surface area contributed by atoms with Gasteiger partial charge in [0, 0.05) is 113 Å². The number of aromatic nitrogens is 6. The molecule has 0 spiro atoms. The van der Waals surface area contributed by atoms with Crippen LogP contribution in [0.2, 0.25) is 0 Å². The number of anilines is 1. The third-order valence-corrected chi connectivity index (χ3v) is 25.2. The van der Waals surface area contributed by atoms with Crippen LogP contribution in [0.1, 0.15) is 197 Å². The Hall–Kier alpha value is -10.1. The van der Waals surface area contributed by atoms with Crippen LogP contribution in [0.15, 0.2) is 30.2 Å². The van der Waals surface area contributed by atoms with E-state index in [1.807, 2.05) is 13.8 Å². The molecule has 3 aromatic heterocycles. The number of hydrogen-bond acceptors (Lipinski definition) is 37. The summed E-state index contributed by atoms with van der Waals surface area (Å²) in [6, 6.07) is -7.26. The molecular weight excluding hydrogens is 1950 g/mol. The second kappa shape index (κ2) is 73.2. The Morgan fingerprint density at radius 2 is 1.07 bits per heavy atom. The lowest BCUT2D eigenvalue weighted by Gasteiger charge is -2.31. The van der Waals surface area contributed by atoms with Crippen LogP contribution in [-0.2, 0) is 130 Å². The van der Waals surface area contributed by atoms with E-state index in [-0.39, 0.29) is 164 Å². The molecule has 0 aromatic carbocycles. The maximum atomic E-state index is 14.6. The van der Waals surface area contributed by atoms with Crippen molar-refractivity contribution in [1.82, 2.24) is 66.3 Å². The van der Waals surface area contributed by atoms with Crippen molar-refractivity contribution in [1.29, 1.82) is 0 Å². The number of ketones is 6. The van der Waals surface area contributed by atoms with E-state index in [0.29, 0.717) is 161 Å². The number of Topliss-reactive ketones (excluding diaryl/α,β-unsaturated/α-hetero) is 6. The van der Waals surface area contributed by atoms with Gasteiger partial charge in [0.25, 0.3) is 0 Å². The second-order valence-corrected chi connectivity index (χ2v) is 38.9. The Bertz CT molecular complexity index is 4510. The van der Waals surface area contributed by atoms with Gasteiger partial charge in [0.1, 0.15) is 42.8 Å². The summed E-state index contributed by atoms with van der Waals surface area (Å²) in [6.45, 7) is 21.9. The summed E-state index contributed by atoms with van der Waals surface area (Å²) in [6.07, 6.45) is 1.70. The SMILES string of the molecule is CC(C)C[C@H](CC(=O)[C@H](Cc1cnc[nH]1)NC(=O)[C@H](CO)CC(=O)[C@H](C)NC(=O)[C@H](CO)CC(=O)[C@@H](NC(=O)[C@H](CCCCN)CC(=O)[C@@H]1CCCN1C(=O)[C@@H](CC(=O)[C@H](CCCN=C(N)N)NC(=O)[C@@H](C)CC(C)C)C(C)C)C(C)C)C(=O)N[C@@H](CCC(=O)O)C(=O)NCCOCCOCCOCCOCCOCCOCCOCCOCCOCCOCCCC(=O)CO[C@@H]1[C@H](O)[C@@H](CO)O[C@H]1n1cnc2c(N)ncnc21. The third-order valence-electron chi connectivity index (χ3n) is 25.2. The van der Waals surface area contributed by atoms with Gasteiger partial charge in [-0.3, -0.25) is 76.7 Å². The van der Waals surface area contributed by atoms with Gasteiger partial charge in [0.15, 0.2) is 58.4 Å². The molecule has 49 nitrogen and oxygen atoms in total. The van der Waals surface area contributed by atoms with Crippen molar-refractivity contribution < 1.29 is 149 Å². The first-order valence-electron chi connectivity index (χ1n) is 52.0. The van der Waals surface area contributed by atoms with Crippen LogP contribution in [-0.4, -0.2) is 387 Å². The summed E-state index contributed by atoms with van der Waals surface area (Å²) in [5, 5.41) is 67.4. The monoisotopic (exact) mass is 2120 g/mol. The summed E-state index contributed by atoms with van der Waals surface area (Å²) in [5.41, 5.74) is 23.9. The third kappa shape index (κ3) is 49.5. The predicted molar refractivity (Wildman–Crippen MR) is 541 cm³/mol. The zero-order chi connectivity index (χ0) is 110. The number of carbonyl (C=O) groups excluding carboxylic acids is 13. The topological polar surface area (TPSA) is 715 Å². The molecule has 3 aromatic rings. The number of unbranched alkanes of at least 4 members (excludes halogenated alkanes) is 1. The van der Waals surface area contributed by atoms with Gasteiger partial charge in [-0.15, -0.1) is 0 Å². The van der Waals surface area contributed by atoms with Crippen molar-refractivity contribution in [3.05, 3.63) is 30.9 Å². The molecule has 49 heteroatoms. The summed E-state index contributed by atoms with van der Waals surface area (Å²) in [7, 11) is 0. The minimum Gasteiger partial charge on any atom is -0.481 e. The van der Waals surface area contributed by atoms with Crippen molar-refractivity contribution in [2.45, 2.75) is 252 Å². The highest BCUT2D eigenvalue weighted by molar-refractivity contribution is 6.00. The van der Waals surface area contributed by atoms with Gasteiger partial charge in [0.2, 0.25) is 41.4 Å². The van der Waals surface area contributed by atoms with E-state index in [4.69, 9.17) is 79.8 Å². The van der Waals surface area contributed by atoms with E-state index in [1.165, 1.54) is 41.6 Å². The number of likely N-dealkylation sites (tertiary alicyclic amines) is 1. The number of nitrogens with zero attached hydrogens (tertiary/aromatic N) is 7. The van der Waals surface area contributed by atoms with E-state index in [0.717, 1.165) is 0 Å². The first-order valence-corrected chi connectivity index (χ1v) is 52.0. The number of aliphatic imine (C=N–C) groups is 1. The van der Waals surface area contributed by atoms with Gasteiger partial charge in [0.05, 0.1) is 200 Å². The maximum Gasteiger partial charge on any atom is 0.303 e. The fraction of sp³-hybridized carbons (Fsp3) is 0.770. The normalized spacial score (nSPS) is 17.5. The number of ether oxygens (including phenoxy) is 12. The zero-order valence-corrected chi connectivity index (χ0v) is 88.4. The number of amides is 7. The highest BCUT2D eigenvalue weighted by Gasteiger charge is 2.47. The number of guanidine groups is 1. The molecular formula is C100H168N18O31. The molecule has 0 radical (unpaired) electrons. The lowest BCUT2D eigenvalue weighted by Crippen LogP contribution is -2.51. The molecule has 5 rings (SSSR count). The molecule has 0 aliphatic carbocycles. The minimum atomic E-state index is -1.51.